The van der Waals surface area contributed by atoms with Gasteiger partial charge in [0, 0.05) is 13.0 Å². The van der Waals surface area contributed by atoms with E-state index in [1.165, 1.54) is 17.1 Å². The fraction of sp³-hybridized carbons (Fsp3) is 0.528. The van der Waals surface area contributed by atoms with Crippen molar-refractivity contribution in [1.82, 2.24) is 20.8 Å². The highest BCUT2D eigenvalue weighted by atomic mass is 32.2. The third kappa shape index (κ3) is 16.5. The molecular weight excluding hydrogens is 632 g/mol. The normalized spacial score (nSPS) is 12.8. The smallest absolute Gasteiger partial charge is 0.294 e. The molecule has 0 aromatic heterocycles. The maximum Gasteiger partial charge on any atom is 0.294 e. The Kier molecular flexibility index (Phi) is 19.6. The molecule has 2 aromatic carbocycles. The second kappa shape index (κ2) is 22.1. The van der Waals surface area contributed by atoms with E-state index >= 15 is 0 Å². The molecule has 11 nitrogen and oxygen atoms in total. The van der Waals surface area contributed by atoms with Crippen LogP contribution >= 0.6 is 0 Å². The van der Waals surface area contributed by atoms with E-state index in [1.807, 2.05) is 77.1 Å². The number of aryl methyl sites for hydroxylation is 1. The average molecular weight is 689 g/mol. The Morgan fingerprint density at radius 2 is 1.48 bits per heavy atom. The van der Waals surface area contributed by atoms with Gasteiger partial charge in [0.15, 0.2) is 0 Å². The molecule has 0 bridgehead atoms. The number of benzene rings is 2. The van der Waals surface area contributed by atoms with Gasteiger partial charge in [0.2, 0.25) is 17.7 Å². The molecule has 4 N–H and O–H groups in total. The first-order valence-electron chi connectivity index (χ1n) is 16.7. The van der Waals surface area contributed by atoms with Crippen LogP contribution in [0.25, 0.3) is 6.08 Å². The molecule has 0 unspecified atom stereocenters. The zero-order valence-electron chi connectivity index (χ0n) is 29.6. The molecule has 0 fully saturated rings. The lowest BCUT2D eigenvalue weighted by Crippen LogP contribution is -2.52. The second-order valence-electron chi connectivity index (χ2n) is 12.7. The summed E-state index contributed by atoms with van der Waals surface area (Å²) in [7, 11) is -4.02. The molecule has 0 saturated heterocycles. The lowest BCUT2D eigenvalue weighted by atomic mass is 9.82. The fourth-order valence-corrected chi connectivity index (χ4v) is 5.52. The number of allylic oxidation sites excluding steroid dienone is 1. The van der Waals surface area contributed by atoms with E-state index in [9.17, 15) is 28.0 Å². The molecule has 12 heteroatoms. The number of amides is 3. The van der Waals surface area contributed by atoms with Crippen LogP contribution in [0.5, 0.6) is 0 Å². The zero-order chi connectivity index (χ0) is 36.3. The van der Waals surface area contributed by atoms with E-state index in [4.69, 9.17) is 4.55 Å². The molecule has 0 heterocycles. The summed E-state index contributed by atoms with van der Waals surface area (Å²) in [5, 5.41) is 10.8. The fourth-order valence-electron chi connectivity index (χ4n) is 5.04. The molecule has 2 atom stereocenters. The minimum atomic E-state index is -4.02. The highest BCUT2D eigenvalue weighted by Gasteiger charge is 2.35. The van der Waals surface area contributed by atoms with Crippen LogP contribution in [0.3, 0.4) is 0 Å². The van der Waals surface area contributed by atoms with Crippen LogP contribution in [-0.2, 0) is 24.5 Å². The first-order valence-corrected chi connectivity index (χ1v) is 18.1. The Labute approximate surface area is 287 Å². The highest BCUT2D eigenvalue weighted by Crippen LogP contribution is 2.26. The average Bonchev–Trinajstić information content (AvgIpc) is 3.03. The van der Waals surface area contributed by atoms with Gasteiger partial charge in [-0.2, -0.15) is 8.42 Å². The van der Waals surface area contributed by atoms with Gasteiger partial charge in [-0.1, -0.05) is 102 Å². The molecular formula is C36H56N4O7S. The Balaban J connectivity index is 0.000000879. The van der Waals surface area contributed by atoms with Gasteiger partial charge in [-0.3, -0.25) is 34.6 Å². The van der Waals surface area contributed by atoms with Crippen LogP contribution in [0, 0.1) is 30.6 Å². The van der Waals surface area contributed by atoms with Crippen LogP contribution in [0.15, 0.2) is 65.6 Å². The first kappa shape index (κ1) is 42.4. The van der Waals surface area contributed by atoms with E-state index in [2.05, 4.69) is 24.2 Å². The summed E-state index contributed by atoms with van der Waals surface area (Å²) < 4.78 is 29.6. The van der Waals surface area contributed by atoms with Gasteiger partial charge in [-0.15, -0.1) is 0 Å². The highest BCUT2D eigenvalue weighted by molar-refractivity contribution is 7.85. The predicted molar refractivity (Wildman–Crippen MR) is 189 cm³/mol. The van der Waals surface area contributed by atoms with Crippen molar-refractivity contribution in [2.75, 3.05) is 26.2 Å². The van der Waals surface area contributed by atoms with Crippen molar-refractivity contribution in [2.45, 2.75) is 79.0 Å². The molecule has 268 valence electrons. The number of nitrogens with one attached hydrogen (secondary N) is 2. The Morgan fingerprint density at radius 3 is 1.98 bits per heavy atom. The van der Waals surface area contributed by atoms with E-state index in [0.717, 1.165) is 30.8 Å². The lowest BCUT2D eigenvalue weighted by molar-refractivity contribution is -0.148. The summed E-state index contributed by atoms with van der Waals surface area (Å²) >= 11 is 0. The van der Waals surface area contributed by atoms with E-state index in [1.54, 1.807) is 17.6 Å². The summed E-state index contributed by atoms with van der Waals surface area (Å²) in [6.07, 6.45) is 5.49. The van der Waals surface area contributed by atoms with E-state index in [0.29, 0.717) is 25.8 Å². The summed E-state index contributed by atoms with van der Waals surface area (Å²) in [6.45, 7) is 17.1. The quantitative estimate of drug-likeness (QED) is 0.0930. The van der Waals surface area contributed by atoms with Crippen molar-refractivity contribution in [3.8, 4) is 0 Å². The van der Waals surface area contributed by atoms with Crippen LogP contribution in [0.4, 0.5) is 0 Å². The van der Waals surface area contributed by atoms with Gasteiger partial charge in [-0.05, 0) is 75.4 Å². The van der Waals surface area contributed by atoms with Gasteiger partial charge in [0.25, 0.3) is 10.1 Å². The molecule has 48 heavy (non-hydrogen) atoms. The van der Waals surface area contributed by atoms with Gasteiger partial charge in [0.05, 0.1) is 16.7 Å². The molecule has 0 spiro atoms. The van der Waals surface area contributed by atoms with Crippen molar-refractivity contribution in [2.24, 2.45) is 23.7 Å². The lowest BCUT2D eigenvalue weighted by Gasteiger charge is -2.31. The molecule has 0 saturated carbocycles. The maximum absolute atomic E-state index is 13.5. The number of carbonyl (C=O) groups is 3. The van der Waals surface area contributed by atoms with Gasteiger partial charge < -0.3 is 4.90 Å². The third-order valence-corrected chi connectivity index (χ3v) is 8.53. The van der Waals surface area contributed by atoms with Crippen LogP contribution < -0.4 is 10.9 Å². The second-order valence-corrected chi connectivity index (χ2v) is 14.1. The van der Waals surface area contributed by atoms with Crippen molar-refractivity contribution in [3.05, 3.63) is 71.8 Å². The molecule has 2 rings (SSSR count). The minimum absolute atomic E-state index is 0.0666. The zero-order valence-corrected chi connectivity index (χ0v) is 30.4. The molecule has 2 aromatic rings. The summed E-state index contributed by atoms with van der Waals surface area (Å²) in [5.74, 6) is -2.35. The number of rotatable bonds is 17. The number of carbonyl (C=O) groups excluding carboxylic acids is 3. The van der Waals surface area contributed by atoms with Gasteiger partial charge in [-0.25, -0.2) is 5.48 Å². The summed E-state index contributed by atoms with van der Waals surface area (Å²) in [4.78, 5) is 41.5. The maximum atomic E-state index is 13.5. The molecule has 0 aliphatic rings. The summed E-state index contributed by atoms with van der Waals surface area (Å²) in [5.41, 5.74) is 6.51. The van der Waals surface area contributed by atoms with Crippen LogP contribution in [0.2, 0.25) is 0 Å². The van der Waals surface area contributed by atoms with Gasteiger partial charge in [0.1, 0.15) is 0 Å². The number of hydrazine groups is 1. The topological polar surface area (TPSA) is 156 Å². The predicted octanol–water partition coefficient (Wildman–Crippen LogP) is 5.75. The SMILES string of the molecule is CCN(CC)CCCC(=O)N(CC(C)C)NC(=O)[C@H](CC(C)C)[C@H](C/C=C/c1ccccc1)C(=O)NO.Cc1ccc(S(=O)(=O)O)cc1. The van der Waals surface area contributed by atoms with Crippen molar-refractivity contribution in [1.29, 1.82) is 0 Å². The Hall–Kier alpha value is -3.58. The molecule has 0 aliphatic carbocycles. The molecule has 0 aliphatic heterocycles. The van der Waals surface area contributed by atoms with Crippen molar-refractivity contribution in [3.63, 3.8) is 0 Å². The number of hydroxylamine groups is 1. The number of nitrogens with zero attached hydrogens (tertiary/aromatic N) is 2. The van der Waals surface area contributed by atoms with Gasteiger partial charge >= 0.3 is 0 Å². The number of hydrogen-bond donors (Lipinski definition) is 4. The first-order chi connectivity index (χ1) is 22.6. The molecule has 3 amide bonds. The van der Waals surface area contributed by atoms with Crippen molar-refractivity contribution < 1.29 is 32.6 Å². The standard InChI is InChI=1S/C29H48N4O4.C7H8O3S/c1-7-32(8-2)19-13-18-27(34)33(21-23(5)6)30-28(35)26(20-22(3)4)25(29(36)31-37)17-12-16-24-14-10-9-11-15-24;1-6-2-4-7(5-3-6)11(8,9)10/h9-12,14-16,22-23,25-26,37H,7-8,13,17-21H2,1-6H3,(H,30,35)(H,31,36);2-5H,1H3,(H,8,9,10)/b16-12+;/t25-,26+;/m0./s1. The van der Waals surface area contributed by atoms with E-state index in [-0.39, 0.29) is 35.0 Å². The minimum Gasteiger partial charge on any atom is -0.304 e. The monoisotopic (exact) mass is 688 g/mol. The summed E-state index contributed by atoms with van der Waals surface area (Å²) in [6, 6.07) is 15.7. The Morgan fingerprint density at radius 1 is 0.875 bits per heavy atom. The van der Waals surface area contributed by atoms with Crippen LogP contribution in [0.1, 0.15) is 78.4 Å². The largest absolute Gasteiger partial charge is 0.304 e. The Bertz CT molecular complexity index is 1380. The molecule has 0 radical (unpaired) electrons. The van der Waals surface area contributed by atoms with Crippen LogP contribution in [-0.4, -0.2) is 72.0 Å². The van der Waals surface area contributed by atoms with E-state index < -0.39 is 27.9 Å². The third-order valence-electron chi connectivity index (χ3n) is 7.67. The van der Waals surface area contributed by atoms with Crippen molar-refractivity contribution >= 4 is 33.9 Å². The number of hydrogen-bond acceptors (Lipinski definition) is 7.